The fourth-order valence-corrected chi connectivity index (χ4v) is 3.35. The third kappa shape index (κ3) is 3.42. The average molecular weight is 335 g/mol. The van der Waals surface area contributed by atoms with Gasteiger partial charge in [-0.05, 0) is 42.7 Å². The summed E-state index contributed by atoms with van der Waals surface area (Å²) in [4.78, 5) is 18.7. The van der Waals surface area contributed by atoms with E-state index >= 15 is 0 Å². The number of hydrogen-bond acceptors (Lipinski definition) is 4. The Morgan fingerprint density at radius 2 is 2.16 bits per heavy atom. The van der Waals surface area contributed by atoms with E-state index < -0.39 is 0 Å². The zero-order valence-corrected chi connectivity index (χ0v) is 14.0. The molecule has 2 aliphatic heterocycles. The maximum Gasteiger partial charge on any atom is 0.244 e. The lowest BCUT2D eigenvalue weighted by Crippen LogP contribution is -2.51. The predicted molar refractivity (Wildman–Crippen MR) is 97.5 cm³/mol. The van der Waals surface area contributed by atoms with E-state index in [0.29, 0.717) is 13.2 Å². The van der Waals surface area contributed by atoms with Crippen LogP contribution in [0, 0.1) is 0 Å². The highest BCUT2D eigenvalue weighted by Gasteiger charge is 2.29. The van der Waals surface area contributed by atoms with E-state index in [0.717, 1.165) is 42.0 Å². The number of piperidine rings is 1. The Morgan fingerprint density at radius 1 is 1.24 bits per heavy atom. The van der Waals surface area contributed by atoms with Gasteiger partial charge in [0.2, 0.25) is 5.91 Å². The summed E-state index contributed by atoms with van der Waals surface area (Å²) in [6.45, 7) is 1.98. The molecule has 0 bridgehead atoms. The first-order valence-electron chi connectivity index (χ1n) is 8.67. The molecule has 0 saturated carbocycles. The van der Waals surface area contributed by atoms with Crippen LogP contribution in [0.3, 0.4) is 0 Å². The highest BCUT2D eigenvalue weighted by atomic mass is 16.5. The Morgan fingerprint density at radius 3 is 3.04 bits per heavy atom. The minimum absolute atomic E-state index is 0.122. The van der Waals surface area contributed by atoms with Crippen LogP contribution in [0.1, 0.15) is 18.4 Å². The molecule has 25 heavy (non-hydrogen) atoms. The summed E-state index contributed by atoms with van der Waals surface area (Å²) in [5.74, 6) is 1.04. The van der Waals surface area contributed by atoms with Crippen molar-refractivity contribution in [2.45, 2.75) is 18.9 Å². The number of carbonyl (C=O) groups is 1. The Hall–Kier alpha value is -2.66. The van der Waals surface area contributed by atoms with Crippen LogP contribution in [0.4, 0.5) is 5.69 Å². The maximum absolute atomic E-state index is 12.8. The summed E-state index contributed by atoms with van der Waals surface area (Å²) in [6, 6.07) is 11.6. The third-order valence-electron chi connectivity index (χ3n) is 4.66. The van der Waals surface area contributed by atoms with Crippen LogP contribution in [0.2, 0.25) is 0 Å². The summed E-state index contributed by atoms with van der Waals surface area (Å²) in [5, 5.41) is 3.41. The van der Waals surface area contributed by atoms with Gasteiger partial charge in [-0.3, -0.25) is 9.78 Å². The molecule has 0 radical (unpaired) electrons. The molecule has 1 N–H and O–H groups in total. The number of nitrogens with zero attached hydrogens (tertiary/aromatic N) is 2. The lowest BCUT2D eigenvalue weighted by Gasteiger charge is -2.33. The first-order valence-corrected chi connectivity index (χ1v) is 8.67. The van der Waals surface area contributed by atoms with Gasteiger partial charge in [0, 0.05) is 24.8 Å². The molecule has 0 spiro atoms. The number of amides is 1. The van der Waals surface area contributed by atoms with Gasteiger partial charge in [0.15, 0.2) is 0 Å². The summed E-state index contributed by atoms with van der Waals surface area (Å²) in [5.41, 5.74) is 3.12. The van der Waals surface area contributed by atoms with Crippen LogP contribution in [0.5, 0.6) is 5.75 Å². The van der Waals surface area contributed by atoms with E-state index in [1.54, 1.807) is 12.4 Å². The van der Waals surface area contributed by atoms with Crippen molar-refractivity contribution < 1.29 is 9.53 Å². The Bertz CT molecular complexity index is 789. The number of benzene rings is 1. The number of anilines is 1. The van der Waals surface area contributed by atoms with Crippen LogP contribution in [0.15, 0.2) is 54.4 Å². The van der Waals surface area contributed by atoms with E-state index in [1.165, 1.54) is 0 Å². The third-order valence-corrected chi connectivity index (χ3v) is 4.66. The van der Waals surface area contributed by atoms with Gasteiger partial charge < -0.3 is 15.0 Å². The number of pyridine rings is 1. The first-order chi connectivity index (χ1) is 12.3. The van der Waals surface area contributed by atoms with Crippen molar-refractivity contribution >= 4 is 17.7 Å². The molecule has 0 aliphatic carbocycles. The fourth-order valence-electron chi connectivity index (χ4n) is 3.35. The van der Waals surface area contributed by atoms with Crippen LogP contribution < -0.4 is 15.0 Å². The molecule has 1 atom stereocenters. The second-order valence-electron chi connectivity index (χ2n) is 6.41. The first kappa shape index (κ1) is 15.8. The maximum atomic E-state index is 12.8. The quantitative estimate of drug-likeness (QED) is 0.933. The van der Waals surface area contributed by atoms with Crippen LogP contribution in [-0.2, 0) is 4.79 Å². The molecule has 3 heterocycles. The average Bonchev–Trinajstić information content (AvgIpc) is 2.68. The zero-order chi connectivity index (χ0) is 17.1. The summed E-state index contributed by atoms with van der Waals surface area (Å²) in [6.07, 6.45) is 7.46. The Labute approximate surface area is 147 Å². The van der Waals surface area contributed by atoms with Crippen LogP contribution in [0.25, 0.3) is 6.08 Å². The normalized spacial score (nSPS) is 19.8. The molecule has 2 aromatic rings. The van der Waals surface area contributed by atoms with Gasteiger partial charge in [-0.15, -0.1) is 0 Å². The van der Waals surface area contributed by atoms with E-state index in [2.05, 4.69) is 16.4 Å². The van der Waals surface area contributed by atoms with Crippen molar-refractivity contribution in [3.8, 4) is 5.75 Å². The van der Waals surface area contributed by atoms with Crippen molar-refractivity contribution in [2.24, 2.45) is 0 Å². The Balaban J connectivity index is 1.41. The molecule has 2 aliphatic rings. The highest BCUT2D eigenvalue weighted by molar-refractivity contribution is 5.97. The highest BCUT2D eigenvalue weighted by Crippen LogP contribution is 2.26. The van der Waals surface area contributed by atoms with Gasteiger partial charge in [-0.25, -0.2) is 0 Å². The van der Waals surface area contributed by atoms with Gasteiger partial charge in [0.25, 0.3) is 0 Å². The second kappa shape index (κ2) is 7.07. The number of hydrogen-bond donors (Lipinski definition) is 1. The van der Waals surface area contributed by atoms with E-state index in [9.17, 15) is 4.79 Å². The fraction of sp³-hybridized carbons (Fsp3) is 0.300. The minimum atomic E-state index is -0.160. The molecular weight excluding hydrogens is 314 g/mol. The van der Waals surface area contributed by atoms with Gasteiger partial charge >= 0.3 is 0 Å². The lowest BCUT2D eigenvalue weighted by atomic mass is 10.0. The molecule has 1 aromatic carbocycles. The number of carbonyl (C=O) groups excluding carboxylic acids is 1. The number of ether oxygens (including phenoxy) is 1. The number of nitrogens with one attached hydrogen (secondary N) is 1. The molecular formula is C20H21N3O2. The Kier molecular flexibility index (Phi) is 4.48. The molecule has 4 rings (SSSR count). The monoisotopic (exact) mass is 335 g/mol. The van der Waals surface area contributed by atoms with Crippen molar-refractivity contribution in [1.29, 1.82) is 0 Å². The standard InChI is InChI=1S/C20H21N3O2/c24-20-18(7-4-10-23(20)17-6-3-9-21-13-17)22-12-15-11-16-5-1-2-8-19(16)25-14-15/h1-3,5-6,8-9,11,13,18,22H,4,7,10,12,14H2. The SMILES string of the molecule is O=C1C(NCC2=Cc3ccccc3OC2)CCCN1c1cccnc1. The lowest BCUT2D eigenvalue weighted by molar-refractivity contribution is -0.121. The topological polar surface area (TPSA) is 54.5 Å². The summed E-state index contributed by atoms with van der Waals surface area (Å²) < 4.78 is 5.78. The van der Waals surface area contributed by atoms with Gasteiger partial charge in [-0.2, -0.15) is 0 Å². The predicted octanol–water partition coefficient (Wildman–Crippen LogP) is 2.64. The minimum Gasteiger partial charge on any atom is -0.489 e. The van der Waals surface area contributed by atoms with Crippen molar-refractivity contribution in [3.63, 3.8) is 0 Å². The number of aromatic nitrogens is 1. The van der Waals surface area contributed by atoms with E-state index in [4.69, 9.17) is 4.74 Å². The zero-order valence-electron chi connectivity index (χ0n) is 14.0. The van der Waals surface area contributed by atoms with Gasteiger partial charge in [0.1, 0.15) is 12.4 Å². The number of rotatable bonds is 4. The summed E-state index contributed by atoms with van der Waals surface area (Å²) in [7, 11) is 0. The largest absolute Gasteiger partial charge is 0.489 e. The van der Waals surface area contributed by atoms with Crippen LogP contribution in [-0.4, -0.2) is 36.6 Å². The van der Waals surface area contributed by atoms with Crippen LogP contribution >= 0.6 is 0 Å². The van der Waals surface area contributed by atoms with Gasteiger partial charge in [-0.1, -0.05) is 18.2 Å². The van der Waals surface area contributed by atoms with Crippen molar-refractivity contribution in [3.05, 3.63) is 59.9 Å². The summed E-state index contributed by atoms with van der Waals surface area (Å²) >= 11 is 0. The van der Waals surface area contributed by atoms with Gasteiger partial charge in [0.05, 0.1) is 17.9 Å². The molecule has 1 unspecified atom stereocenters. The van der Waals surface area contributed by atoms with E-state index in [1.807, 2.05) is 41.3 Å². The number of para-hydroxylation sites is 1. The molecule has 1 amide bonds. The molecule has 1 fully saturated rings. The van der Waals surface area contributed by atoms with Crippen molar-refractivity contribution in [1.82, 2.24) is 10.3 Å². The molecule has 5 heteroatoms. The molecule has 5 nitrogen and oxygen atoms in total. The smallest absolute Gasteiger partial charge is 0.244 e. The molecule has 1 aromatic heterocycles. The number of fused-ring (bicyclic) bond motifs is 1. The van der Waals surface area contributed by atoms with E-state index in [-0.39, 0.29) is 11.9 Å². The second-order valence-corrected chi connectivity index (χ2v) is 6.41. The molecule has 128 valence electrons. The molecule has 1 saturated heterocycles. The van der Waals surface area contributed by atoms with Crippen molar-refractivity contribution in [2.75, 3.05) is 24.6 Å².